The minimum absolute atomic E-state index is 0.759. The highest BCUT2D eigenvalue weighted by Crippen LogP contribution is 2.37. The smallest absolute Gasteiger partial charge is 0.0406 e. The van der Waals surface area contributed by atoms with E-state index in [2.05, 4.69) is 54.5 Å². The summed E-state index contributed by atoms with van der Waals surface area (Å²) in [7, 11) is 0. The first-order chi connectivity index (χ1) is 12.3. The van der Waals surface area contributed by atoms with Gasteiger partial charge in [0.15, 0.2) is 0 Å². The molecule has 25 heavy (non-hydrogen) atoms. The van der Waals surface area contributed by atoms with E-state index < -0.39 is 0 Å². The van der Waals surface area contributed by atoms with Gasteiger partial charge in [0.1, 0.15) is 0 Å². The normalized spacial score (nSPS) is 13.4. The van der Waals surface area contributed by atoms with Gasteiger partial charge in [-0.25, -0.2) is 0 Å². The predicted octanol–water partition coefficient (Wildman–Crippen LogP) is 5.76. The standard InChI is InChI=1S/C24H15Cl/c1-2-15-3-4-17-9-14-22-20(16-5-10-19(25)11-6-16)12-7-18-8-13-21(15)23(17)24(18)22/h1,5-14H,3-4H2. The van der Waals surface area contributed by atoms with Crippen molar-refractivity contribution in [1.82, 2.24) is 0 Å². The van der Waals surface area contributed by atoms with E-state index in [-0.39, 0.29) is 0 Å². The van der Waals surface area contributed by atoms with Gasteiger partial charge in [0.2, 0.25) is 0 Å². The van der Waals surface area contributed by atoms with E-state index in [1.54, 1.807) is 0 Å². The second kappa shape index (κ2) is 5.38. The van der Waals surface area contributed by atoms with E-state index in [1.165, 1.54) is 43.5 Å². The van der Waals surface area contributed by atoms with Crippen LogP contribution in [0.5, 0.6) is 0 Å². The number of aryl methyl sites for hydroxylation is 1. The molecule has 1 heteroatoms. The van der Waals surface area contributed by atoms with E-state index in [1.807, 2.05) is 12.1 Å². The summed E-state index contributed by atoms with van der Waals surface area (Å²) in [4.78, 5) is 0. The van der Waals surface area contributed by atoms with Crippen LogP contribution in [0.4, 0.5) is 0 Å². The van der Waals surface area contributed by atoms with E-state index >= 15 is 0 Å². The quantitative estimate of drug-likeness (QED) is 0.387. The highest BCUT2D eigenvalue weighted by atomic mass is 35.5. The summed E-state index contributed by atoms with van der Waals surface area (Å²) in [5.74, 6) is 2.91. The van der Waals surface area contributed by atoms with Gasteiger partial charge in [0, 0.05) is 10.6 Å². The molecule has 0 aromatic heterocycles. The van der Waals surface area contributed by atoms with Crippen molar-refractivity contribution in [2.24, 2.45) is 0 Å². The minimum Gasteiger partial charge on any atom is -0.115 e. The molecule has 0 fully saturated rings. The molecule has 1 aliphatic carbocycles. The van der Waals surface area contributed by atoms with Gasteiger partial charge in [0.05, 0.1) is 0 Å². The molecule has 4 aromatic carbocycles. The van der Waals surface area contributed by atoms with Crippen LogP contribution in [0.2, 0.25) is 5.02 Å². The number of rotatable bonds is 1. The van der Waals surface area contributed by atoms with Crippen LogP contribution in [0.15, 0.2) is 60.7 Å². The van der Waals surface area contributed by atoms with Gasteiger partial charge >= 0.3 is 0 Å². The average molecular weight is 339 g/mol. The first-order valence-electron chi connectivity index (χ1n) is 8.49. The van der Waals surface area contributed by atoms with Crippen LogP contribution in [-0.2, 0) is 6.42 Å². The molecule has 0 nitrogen and oxygen atoms in total. The molecular weight excluding hydrogens is 324 g/mol. The number of terminal acetylenes is 1. The minimum atomic E-state index is 0.759. The predicted molar refractivity (Wildman–Crippen MR) is 108 cm³/mol. The lowest BCUT2D eigenvalue weighted by atomic mass is 9.85. The topological polar surface area (TPSA) is 0 Å². The van der Waals surface area contributed by atoms with Gasteiger partial charge in [-0.1, -0.05) is 66.1 Å². The molecule has 0 bridgehead atoms. The zero-order valence-electron chi connectivity index (χ0n) is 13.6. The van der Waals surface area contributed by atoms with Gasteiger partial charge in [-0.2, -0.15) is 0 Å². The fraction of sp³-hybridized carbons (Fsp3) is 0.0833. The molecule has 0 saturated carbocycles. The Bertz CT molecular complexity index is 1240. The molecule has 0 aliphatic heterocycles. The summed E-state index contributed by atoms with van der Waals surface area (Å²) in [6.07, 6.45) is 7.75. The van der Waals surface area contributed by atoms with Crippen molar-refractivity contribution in [3.05, 3.63) is 76.5 Å². The maximum absolute atomic E-state index is 6.06. The zero-order valence-corrected chi connectivity index (χ0v) is 14.4. The molecule has 0 radical (unpaired) electrons. The number of hydrogen-bond donors (Lipinski definition) is 0. The van der Waals surface area contributed by atoms with Crippen molar-refractivity contribution in [2.45, 2.75) is 12.8 Å². The monoisotopic (exact) mass is 338 g/mol. The van der Waals surface area contributed by atoms with Crippen LogP contribution < -0.4 is 5.22 Å². The third-order valence-corrected chi connectivity index (χ3v) is 5.55. The molecule has 0 spiro atoms. The van der Waals surface area contributed by atoms with Gasteiger partial charge in [-0.15, -0.1) is 6.42 Å². The second-order valence-corrected chi connectivity index (χ2v) is 7.04. The zero-order chi connectivity index (χ0) is 17.0. The number of halogens is 1. The molecule has 0 heterocycles. The Morgan fingerprint density at radius 3 is 2.40 bits per heavy atom. The third kappa shape index (κ3) is 2.10. The fourth-order valence-electron chi connectivity index (χ4n) is 4.10. The van der Waals surface area contributed by atoms with Crippen molar-refractivity contribution in [2.75, 3.05) is 0 Å². The summed E-state index contributed by atoms with van der Waals surface area (Å²) < 4.78 is 0. The summed E-state index contributed by atoms with van der Waals surface area (Å²) in [6, 6.07) is 21.4. The molecule has 0 unspecified atom stereocenters. The summed E-state index contributed by atoms with van der Waals surface area (Å²) in [6.45, 7) is 0. The van der Waals surface area contributed by atoms with Crippen molar-refractivity contribution in [3.8, 4) is 23.5 Å². The van der Waals surface area contributed by atoms with E-state index in [0.29, 0.717) is 0 Å². The maximum Gasteiger partial charge on any atom is 0.0406 e. The Morgan fingerprint density at radius 1 is 0.800 bits per heavy atom. The summed E-state index contributed by atoms with van der Waals surface area (Å²) in [5.41, 5.74) is 4.95. The Hall–Kier alpha value is -2.75. The molecule has 0 saturated heterocycles. The Kier molecular flexibility index (Phi) is 3.14. The highest BCUT2D eigenvalue weighted by Gasteiger charge is 2.16. The van der Waals surface area contributed by atoms with Crippen molar-refractivity contribution < 1.29 is 0 Å². The van der Waals surface area contributed by atoms with Crippen LogP contribution in [0, 0.1) is 12.3 Å². The third-order valence-electron chi connectivity index (χ3n) is 5.30. The van der Waals surface area contributed by atoms with Gasteiger partial charge < -0.3 is 0 Å². The van der Waals surface area contributed by atoms with Gasteiger partial charge in [-0.05, 0) is 68.4 Å². The average Bonchev–Trinajstić information content (AvgIpc) is 2.66. The summed E-state index contributed by atoms with van der Waals surface area (Å²) >= 11 is 6.06. The second-order valence-electron chi connectivity index (χ2n) is 6.60. The van der Waals surface area contributed by atoms with Crippen LogP contribution >= 0.6 is 11.6 Å². The van der Waals surface area contributed by atoms with Crippen LogP contribution in [0.25, 0.3) is 38.2 Å². The fourth-order valence-corrected chi connectivity index (χ4v) is 4.23. The van der Waals surface area contributed by atoms with E-state index in [9.17, 15) is 0 Å². The lowest BCUT2D eigenvalue weighted by molar-refractivity contribution is 1.02. The first kappa shape index (κ1) is 14.6. The van der Waals surface area contributed by atoms with Gasteiger partial charge in [-0.3, -0.25) is 0 Å². The molecule has 4 aromatic rings. The lowest BCUT2D eigenvalue weighted by Crippen LogP contribution is -2.14. The molecule has 5 rings (SSSR count). The largest absolute Gasteiger partial charge is 0.115 e. The van der Waals surface area contributed by atoms with Crippen molar-refractivity contribution in [3.63, 3.8) is 0 Å². The Morgan fingerprint density at radius 2 is 1.60 bits per heavy atom. The van der Waals surface area contributed by atoms with Gasteiger partial charge in [0.25, 0.3) is 0 Å². The number of benzene rings is 4. The van der Waals surface area contributed by atoms with E-state index in [0.717, 1.165) is 23.4 Å². The van der Waals surface area contributed by atoms with Crippen LogP contribution in [0.3, 0.4) is 0 Å². The van der Waals surface area contributed by atoms with Crippen LogP contribution in [-0.4, -0.2) is 0 Å². The first-order valence-corrected chi connectivity index (χ1v) is 8.87. The molecule has 0 N–H and O–H groups in total. The van der Waals surface area contributed by atoms with Crippen molar-refractivity contribution in [1.29, 1.82) is 0 Å². The van der Waals surface area contributed by atoms with Crippen molar-refractivity contribution >= 4 is 38.7 Å². The molecule has 0 atom stereocenters. The van der Waals surface area contributed by atoms with Crippen LogP contribution in [0.1, 0.15) is 12.0 Å². The molecule has 0 amide bonds. The highest BCUT2D eigenvalue weighted by molar-refractivity contribution is 6.30. The molecule has 118 valence electrons. The number of hydrogen-bond acceptors (Lipinski definition) is 0. The van der Waals surface area contributed by atoms with E-state index in [4.69, 9.17) is 18.0 Å². The SMILES string of the molecule is C#CC1=c2ccc3ccc(-c4ccc(Cl)cc4)c4ccc(c2c34)CC1. The Labute approximate surface area is 151 Å². The molecule has 1 aliphatic rings. The molecular formula is C24H15Cl. The summed E-state index contributed by atoms with van der Waals surface area (Å²) in [5, 5.41) is 7.20. The Balaban J connectivity index is 1.96. The lowest BCUT2D eigenvalue weighted by Gasteiger charge is -2.18. The maximum atomic E-state index is 6.06.